The maximum Gasteiger partial charge on any atom is 0.168 e. The molecule has 0 radical (unpaired) electrons. The van der Waals surface area contributed by atoms with Gasteiger partial charge in [-0.1, -0.05) is 43.6 Å². The van der Waals surface area contributed by atoms with Crippen molar-refractivity contribution in [2.75, 3.05) is 6.61 Å². The van der Waals surface area contributed by atoms with Crippen LogP contribution in [-0.2, 0) is 15.9 Å². The second-order valence-electron chi connectivity index (χ2n) is 5.24. The Bertz CT molecular complexity index is 431. The fourth-order valence-electron chi connectivity index (χ4n) is 2.74. The maximum absolute atomic E-state index is 9.22. The van der Waals surface area contributed by atoms with Crippen LogP contribution in [0.5, 0.6) is 0 Å². The predicted octanol–water partition coefficient (Wildman–Crippen LogP) is 3.57. The van der Waals surface area contributed by atoms with E-state index in [0.717, 1.165) is 23.4 Å². The minimum Gasteiger partial charge on any atom is -0.396 e. The lowest BCUT2D eigenvalue weighted by Crippen LogP contribution is -2.29. The van der Waals surface area contributed by atoms with Gasteiger partial charge in [-0.05, 0) is 30.9 Å². The van der Waals surface area contributed by atoms with Crippen LogP contribution in [-0.4, -0.2) is 29.7 Å². The molecular formula is C16H23ClO3. The Kier molecular flexibility index (Phi) is 5.44. The molecular weight excluding hydrogens is 276 g/mol. The third kappa shape index (κ3) is 3.34. The van der Waals surface area contributed by atoms with Gasteiger partial charge in [-0.3, -0.25) is 0 Å². The van der Waals surface area contributed by atoms with Gasteiger partial charge in [0.05, 0.1) is 12.2 Å². The van der Waals surface area contributed by atoms with E-state index >= 15 is 0 Å². The first-order chi connectivity index (χ1) is 9.64. The number of hydrogen-bond donors (Lipinski definition) is 1. The van der Waals surface area contributed by atoms with Crippen molar-refractivity contribution in [2.45, 2.75) is 57.5 Å². The molecule has 1 aliphatic heterocycles. The molecule has 1 fully saturated rings. The van der Waals surface area contributed by atoms with Crippen molar-refractivity contribution in [3.05, 3.63) is 34.9 Å². The molecule has 2 rings (SSSR count). The largest absolute Gasteiger partial charge is 0.396 e. The molecule has 1 N–H and O–H groups in total. The van der Waals surface area contributed by atoms with Crippen LogP contribution >= 0.6 is 11.6 Å². The van der Waals surface area contributed by atoms with Gasteiger partial charge in [0.15, 0.2) is 5.79 Å². The summed E-state index contributed by atoms with van der Waals surface area (Å²) >= 11 is 6.22. The molecule has 2 unspecified atom stereocenters. The topological polar surface area (TPSA) is 38.7 Å². The highest BCUT2D eigenvalue weighted by Crippen LogP contribution is 2.37. The van der Waals surface area contributed by atoms with Crippen molar-refractivity contribution in [1.29, 1.82) is 0 Å². The van der Waals surface area contributed by atoms with Crippen molar-refractivity contribution >= 4 is 11.6 Å². The van der Waals surface area contributed by atoms with Crippen LogP contribution in [0.4, 0.5) is 0 Å². The molecule has 0 aromatic heterocycles. The molecule has 4 heteroatoms. The summed E-state index contributed by atoms with van der Waals surface area (Å²) in [5.74, 6) is -0.508. The molecule has 0 spiro atoms. The molecule has 0 saturated carbocycles. The maximum atomic E-state index is 9.22. The number of benzene rings is 1. The third-order valence-electron chi connectivity index (χ3n) is 4.02. The van der Waals surface area contributed by atoms with Gasteiger partial charge in [0.1, 0.15) is 0 Å². The van der Waals surface area contributed by atoms with Gasteiger partial charge in [0.2, 0.25) is 0 Å². The van der Waals surface area contributed by atoms with E-state index in [9.17, 15) is 5.11 Å². The quantitative estimate of drug-likeness (QED) is 0.872. The zero-order chi connectivity index (χ0) is 14.6. The number of rotatable bonds is 6. The van der Waals surface area contributed by atoms with Gasteiger partial charge in [-0.25, -0.2) is 0 Å². The zero-order valence-electron chi connectivity index (χ0n) is 12.1. The summed E-state index contributed by atoms with van der Waals surface area (Å²) in [4.78, 5) is 0. The first kappa shape index (κ1) is 15.8. The Morgan fingerprint density at radius 1 is 1.15 bits per heavy atom. The molecule has 1 aliphatic rings. The van der Waals surface area contributed by atoms with Crippen molar-refractivity contribution in [3.8, 4) is 0 Å². The number of aliphatic hydroxyl groups is 1. The Morgan fingerprint density at radius 2 is 1.80 bits per heavy atom. The smallest absolute Gasteiger partial charge is 0.168 e. The van der Waals surface area contributed by atoms with Crippen molar-refractivity contribution in [1.82, 2.24) is 0 Å². The second kappa shape index (κ2) is 6.90. The normalized spacial score (nSPS) is 25.0. The van der Waals surface area contributed by atoms with Crippen LogP contribution in [0.1, 0.15) is 38.7 Å². The van der Waals surface area contributed by atoms with Crippen LogP contribution in [0.15, 0.2) is 24.3 Å². The standard InChI is InChI=1S/C16H23ClO3/c1-3-16(4-2)19-14(9-10-18)15(20-16)11-12-7-5-6-8-13(12)17/h5-8,14-15,18H,3-4,9-11H2,1-2H3. The molecule has 1 aromatic carbocycles. The van der Waals surface area contributed by atoms with E-state index in [1.54, 1.807) is 0 Å². The van der Waals surface area contributed by atoms with Gasteiger partial charge in [-0.2, -0.15) is 0 Å². The average Bonchev–Trinajstić information content (AvgIpc) is 2.81. The first-order valence-electron chi connectivity index (χ1n) is 7.34. The van der Waals surface area contributed by atoms with E-state index in [1.807, 2.05) is 24.3 Å². The predicted molar refractivity (Wildman–Crippen MR) is 79.9 cm³/mol. The molecule has 1 aromatic rings. The number of ether oxygens (including phenoxy) is 2. The van der Waals surface area contributed by atoms with Crippen LogP contribution in [0, 0.1) is 0 Å². The minimum atomic E-state index is -0.508. The zero-order valence-corrected chi connectivity index (χ0v) is 12.9. The van der Waals surface area contributed by atoms with Crippen molar-refractivity contribution < 1.29 is 14.6 Å². The molecule has 2 atom stereocenters. The van der Waals surface area contributed by atoms with E-state index in [0.29, 0.717) is 12.8 Å². The third-order valence-corrected chi connectivity index (χ3v) is 4.39. The Balaban J connectivity index is 2.14. The Labute approximate surface area is 125 Å². The average molecular weight is 299 g/mol. The number of aliphatic hydroxyl groups excluding tert-OH is 1. The van der Waals surface area contributed by atoms with Gasteiger partial charge < -0.3 is 14.6 Å². The second-order valence-corrected chi connectivity index (χ2v) is 5.65. The fraction of sp³-hybridized carbons (Fsp3) is 0.625. The van der Waals surface area contributed by atoms with Gasteiger partial charge in [0.25, 0.3) is 0 Å². The van der Waals surface area contributed by atoms with Gasteiger partial charge >= 0.3 is 0 Å². The molecule has 0 bridgehead atoms. The van der Waals surface area contributed by atoms with E-state index in [4.69, 9.17) is 21.1 Å². The molecule has 1 heterocycles. The lowest BCUT2D eigenvalue weighted by atomic mass is 10.0. The first-order valence-corrected chi connectivity index (χ1v) is 7.71. The highest BCUT2D eigenvalue weighted by Gasteiger charge is 2.44. The van der Waals surface area contributed by atoms with Gasteiger partial charge in [-0.15, -0.1) is 0 Å². The van der Waals surface area contributed by atoms with Crippen LogP contribution in [0.2, 0.25) is 5.02 Å². The fourth-order valence-corrected chi connectivity index (χ4v) is 2.95. The van der Waals surface area contributed by atoms with Crippen LogP contribution in [0.25, 0.3) is 0 Å². The van der Waals surface area contributed by atoms with Crippen molar-refractivity contribution in [3.63, 3.8) is 0 Å². The highest BCUT2D eigenvalue weighted by atomic mass is 35.5. The summed E-state index contributed by atoms with van der Waals surface area (Å²) in [5, 5.41) is 9.97. The van der Waals surface area contributed by atoms with Gasteiger partial charge in [0, 0.05) is 18.1 Å². The SMILES string of the molecule is CCC1(CC)OC(CCO)C(Cc2ccccc2Cl)O1. The van der Waals surface area contributed by atoms with Crippen LogP contribution < -0.4 is 0 Å². The Morgan fingerprint density at radius 3 is 2.40 bits per heavy atom. The summed E-state index contributed by atoms with van der Waals surface area (Å²) in [7, 11) is 0. The lowest BCUT2D eigenvalue weighted by molar-refractivity contribution is -0.179. The minimum absolute atomic E-state index is 0.0538. The molecule has 20 heavy (non-hydrogen) atoms. The molecule has 3 nitrogen and oxygen atoms in total. The molecule has 0 aliphatic carbocycles. The number of hydrogen-bond acceptors (Lipinski definition) is 3. The van der Waals surface area contributed by atoms with Crippen LogP contribution in [0.3, 0.4) is 0 Å². The van der Waals surface area contributed by atoms with E-state index in [-0.39, 0.29) is 18.8 Å². The Hall–Kier alpha value is -0.610. The summed E-state index contributed by atoms with van der Waals surface area (Å²) in [6, 6.07) is 7.80. The molecule has 0 amide bonds. The lowest BCUT2D eigenvalue weighted by Gasteiger charge is -2.25. The summed E-state index contributed by atoms with van der Waals surface area (Å²) in [6.07, 6.45) is 2.80. The van der Waals surface area contributed by atoms with E-state index in [1.165, 1.54) is 0 Å². The van der Waals surface area contributed by atoms with E-state index < -0.39 is 5.79 Å². The van der Waals surface area contributed by atoms with Crippen molar-refractivity contribution in [2.24, 2.45) is 0 Å². The highest BCUT2D eigenvalue weighted by molar-refractivity contribution is 6.31. The molecule has 1 saturated heterocycles. The van der Waals surface area contributed by atoms with E-state index in [2.05, 4.69) is 13.8 Å². The summed E-state index contributed by atoms with van der Waals surface area (Å²) in [5.41, 5.74) is 1.06. The monoisotopic (exact) mass is 298 g/mol. The summed E-state index contributed by atoms with van der Waals surface area (Å²) in [6.45, 7) is 4.24. The summed E-state index contributed by atoms with van der Waals surface area (Å²) < 4.78 is 12.3. The number of halogens is 1. The molecule has 112 valence electrons.